The van der Waals surface area contributed by atoms with E-state index in [4.69, 9.17) is 9.84 Å². The van der Waals surface area contributed by atoms with Crippen LogP contribution in [0.5, 0.6) is 0 Å². The standard InChI is InChI=1S/C15H18BrNO3/c1-17(10-13-3-2-8-20-13)14-6-5-12(16)9-11(14)4-7-15(18)19/h4-7,9,13H,2-3,8,10H2,1H3,(H,18,19)/b7-4+. The van der Waals surface area contributed by atoms with E-state index in [1.54, 1.807) is 6.08 Å². The summed E-state index contributed by atoms with van der Waals surface area (Å²) >= 11 is 3.42. The number of anilines is 1. The lowest BCUT2D eigenvalue weighted by molar-refractivity contribution is -0.131. The fourth-order valence-electron chi connectivity index (χ4n) is 2.36. The van der Waals surface area contributed by atoms with Crippen LogP contribution in [0.4, 0.5) is 5.69 Å². The summed E-state index contributed by atoms with van der Waals surface area (Å²) in [4.78, 5) is 12.8. The highest BCUT2D eigenvalue weighted by Crippen LogP contribution is 2.26. The highest BCUT2D eigenvalue weighted by atomic mass is 79.9. The minimum Gasteiger partial charge on any atom is -0.478 e. The van der Waals surface area contributed by atoms with Crippen molar-refractivity contribution in [3.05, 3.63) is 34.3 Å². The number of rotatable bonds is 5. The van der Waals surface area contributed by atoms with Crippen molar-refractivity contribution in [1.82, 2.24) is 0 Å². The van der Waals surface area contributed by atoms with Crippen LogP contribution in [0.2, 0.25) is 0 Å². The van der Waals surface area contributed by atoms with Gasteiger partial charge in [0.15, 0.2) is 0 Å². The third kappa shape index (κ3) is 4.08. The molecule has 1 aliphatic rings. The summed E-state index contributed by atoms with van der Waals surface area (Å²) in [6.45, 7) is 1.65. The van der Waals surface area contributed by atoms with E-state index in [1.807, 2.05) is 25.2 Å². The smallest absolute Gasteiger partial charge is 0.328 e. The van der Waals surface area contributed by atoms with Gasteiger partial charge in [0.2, 0.25) is 0 Å². The van der Waals surface area contributed by atoms with Gasteiger partial charge < -0.3 is 14.7 Å². The molecule has 0 radical (unpaired) electrons. The number of benzene rings is 1. The molecule has 0 bridgehead atoms. The molecule has 1 N–H and O–H groups in total. The minimum absolute atomic E-state index is 0.264. The van der Waals surface area contributed by atoms with Crippen LogP contribution in [-0.4, -0.2) is 37.4 Å². The van der Waals surface area contributed by atoms with Crippen LogP contribution in [-0.2, 0) is 9.53 Å². The maximum absolute atomic E-state index is 10.7. The van der Waals surface area contributed by atoms with Gasteiger partial charge in [-0.1, -0.05) is 15.9 Å². The second-order valence-corrected chi connectivity index (χ2v) is 5.81. The van der Waals surface area contributed by atoms with Crippen LogP contribution < -0.4 is 4.90 Å². The molecule has 1 unspecified atom stereocenters. The highest BCUT2D eigenvalue weighted by Gasteiger charge is 2.18. The van der Waals surface area contributed by atoms with E-state index < -0.39 is 5.97 Å². The molecule has 0 aliphatic carbocycles. The molecule has 0 amide bonds. The SMILES string of the molecule is CN(CC1CCCO1)c1ccc(Br)cc1/C=C/C(=O)O. The first kappa shape index (κ1) is 15.1. The minimum atomic E-state index is -0.947. The monoisotopic (exact) mass is 339 g/mol. The van der Waals surface area contributed by atoms with E-state index in [9.17, 15) is 4.79 Å². The highest BCUT2D eigenvalue weighted by molar-refractivity contribution is 9.10. The number of aliphatic carboxylic acids is 1. The Bertz CT molecular complexity index is 510. The van der Waals surface area contributed by atoms with Crippen molar-refractivity contribution < 1.29 is 14.6 Å². The molecule has 5 heteroatoms. The molecule has 2 rings (SSSR count). The molecule has 1 heterocycles. The quantitative estimate of drug-likeness (QED) is 0.837. The normalized spacial score (nSPS) is 18.6. The Balaban J connectivity index is 2.18. The van der Waals surface area contributed by atoms with Gasteiger partial charge in [0.1, 0.15) is 0 Å². The Hall–Kier alpha value is -1.33. The molecule has 1 saturated heterocycles. The van der Waals surface area contributed by atoms with E-state index in [0.717, 1.165) is 47.8 Å². The van der Waals surface area contributed by atoms with Gasteiger partial charge in [-0.25, -0.2) is 4.79 Å². The zero-order valence-corrected chi connectivity index (χ0v) is 13.0. The molecule has 1 fully saturated rings. The molecule has 1 aromatic rings. The lowest BCUT2D eigenvalue weighted by atomic mass is 10.1. The number of hydrogen-bond acceptors (Lipinski definition) is 3. The Morgan fingerprint density at radius 2 is 2.40 bits per heavy atom. The second-order valence-electron chi connectivity index (χ2n) is 4.89. The van der Waals surface area contributed by atoms with Crippen LogP contribution in [0.3, 0.4) is 0 Å². The van der Waals surface area contributed by atoms with Crippen molar-refractivity contribution in [2.24, 2.45) is 0 Å². The first-order chi connectivity index (χ1) is 9.56. The van der Waals surface area contributed by atoms with Crippen molar-refractivity contribution in [3.63, 3.8) is 0 Å². The summed E-state index contributed by atoms with van der Waals surface area (Å²) in [5.74, 6) is -0.947. The molecular weight excluding hydrogens is 322 g/mol. The van der Waals surface area contributed by atoms with E-state index >= 15 is 0 Å². The Labute approximate surface area is 127 Å². The first-order valence-corrected chi connectivity index (χ1v) is 7.39. The summed E-state index contributed by atoms with van der Waals surface area (Å²) in [7, 11) is 2.00. The third-order valence-corrected chi connectivity index (χ3v) is 3.80. The zero-order valence-electron chi connectivity index (χ0n) is 11.4. The lowest BCUT2D eigenvalue weighted by Crippen LogP contribution is -2.28. The van der Waals surface area contributed by atoms with Crippen LogP contribution in [0, 0.1) is 0 Å². The predicted octanol–water partition coefficient (Wildman–Crippen LogP) is 3.16. The van der Waals surface area contributed by atoms with Crippen molar-refractivity contribution in [2.75, 3.05) is 25.1 Å². The van der Waals surface area contributed by atoms with Crippen molar-refractivity contribution in [2.45, 2.75) is 18.9 Å². The van der Waals surface area contributed by atoms with E-state index in [0.29, 0.717) is 0 Å². The maximum atomic E-state index is 10.7. The van der Waals surface area contributed by atoms with Gasteiger partial charge in [-0.2, -0.15) is 0 Å². The van der Waals surface area contributed by atoms with E-state index in [1.165, 1.54) is 0 Å². The van der Waals surface area contributed by atoms with Crippen LogP contribution in [0.25, 0.3) is 6.08 Å². The van der Waals surface area contributed by atoms with E-state index in [2.05, 4.69) is 20.8 Å². The van der Waals surface area contributed by atoms with Crippen LogP contribution >= 0.6 is 15.9 Å². The molecule has 1 aliphatic heterocycles. The van der Waals surface area contributed by atoms with Crippen LogP contribution in [0.1, 0.15) is 18.4 Å². The molecular formula is C15H18BrNO3. The Morgan fingerprint density at radius 1 is 1.60 bits per heavy atom. The molecule has 0 spiro atoms. The molecule has 1 atom stereocenters. The lowest BCUT2D eigenvalue weighted by Gasteiger charge is -2.24. The first-order valence-electron chi connectivity index (χ1n) is 6.59. The number of hydrogen-bond donors (Lipinski definition) is 1. The third-order valence-electron chi connectivity index (χ3n) is 3.31. The average molecular weight is 340 g/mol. The number of halogens is 1. The van der Waals surface area contributed by atoms with Crippen molar-refractivity contribution in [1.29, 1.82) is 0 Å². The number of nitrogens with zero attached hydrogens (tertiary/aromatic N) is 1. The second kappa shape index (κ2) is 6.90. The summed E-state index contributed by atoms with van der Waals surface area (Å²) in [5, 5.41) is 8.77. The molecule has 1 aromatic carbocycles. The summed E-state index contributed by atoms with van der Waals surface area (Å²) < 4.78 is 6.57. The van der Waals surface area contributed by atoms with Gasteiger partial charge in [-0.05, 0) is 42.7 Å². The molecule has 20 heavy (non-hydrogen) atoms. The van der Waals surface area contributed by atoms with Crippen molar-refractivity contribution >= 4 is 33.7 Å². The number of ether oxygens (including phenoxy) is 1. The van der Waals surface area contributed by atoms with Gasteiger partial charge in [0.25, 0.3) is 0 Å². The number of carboxylic acids is 1. The largest absolute Gasteiger partial charge is 0.478 e. The van der Waals surface area contributed by atoms with Gasteiger partial charge >= 0.3 is 5.97 Å². The summed E-state index contributed by atoms with van der Waals surface area (Å²) in [5.41, 5.74) is 1.88. The van der Waals surface area contributed by atoms with Gasteiger partial charge in [0.05, 0.1) is 6.10 Å². The van der Waals surface area contributed by atoms with E-state index in [-0.39, 0.29) is 6.10 Å². The van der Waals surface area contributed by atoms with Crippen molar-refractivity contribution in [3.8, 4) is 0 Å². The molecule has 0 aromatic heterocycles. The molecule has 4 nitrogen and oxygen atoms in total. The summed E-state index contributed by atoms with van der Waals surface area (Å²) in [6.07, 6.45) is 5.24. The molecule has 0 saturated carbocycles. The summed E-state index contributed by atoms with van der Waals surface area (Å²) in [6, 6.07) is 5.86. The number of likely N-dealkylation sites (N-methyl/N-ethyl adjacent to an activating group) is 1. The van der Waals surface area contributed by atoms with Gasteiger partial charge in [-0.3, -0.25) is 0 Å². The Morgan fingerprint density at radius 3 is 3.05 bits per heavy atom. The van der Waals surface area contributed by atoms with Crippen LogP contribution in [0.15, 0.2) is 28.7 Å². The fourth-order valence-corrected chi connectivity index (χ4v) is 2.74. The van der Waals surface area contributed by atoms with Gasteiger partial charge in [0, 0.05) is 36.4 Å². The fraction of sp³-hybridized carbons (Fsp3) is 0.400. The average Bonchev–Trinajstić information content (AvgIpc) is 2.89. The topological polar surface area (TPSA) is 49.8 Å². The number of carbonyl (C=O) groups is 1. The predicted molar refractivity (Wildman–Crippen MR) is 83.1 cm³/mol. The zero-order chi connectivity index (χ0) is 14.5. The number of carboxylic acid groups (broad SMARTS) is 1. The Kier molecular flexibility index (Phi) is 5.20. The molecule has 108 valence electrons. The maximum Gasteiger partial charge on any atom is 0.328 e. The van der Waals surface area contributed by atoms with Gasteiger partial charge in [-0.15, -0.1) is 0 Å².